The van der Waals surface area contributed by atoms with Gasteiger partial charge in [-0.1, -0.05) is 0 Å². The maximum absolute atomic E-state index is 11.2. The zero-order chi connectivity index (χ0) is 13.1. The predicted molar refractivity (Wildman–Crippen MR) is 70.6 cm³/mol. The lowest BCUT2D eigenvalue weighted by Crippen LogP contribution is -2.41. The summed E-state index contributed by atoms with van der Waals surface area (Å²) in [6.07, 6.45) is 1.85. The summed E-state index contributed by atoms with van der Waals surface area (Å²) in [5.41, 5.74) is 7.12. The van der Waals surface area contributed by atoms with Crippen molar-refractivity contribution in [2.75, 3.05) is 18.0 Å². The van der Waals surface area contributed by atoms with Gasteiger partial charge in [0.1, 0.15) is 0 Å². The summed E-state index contributed by atoms with van der Waals surface area (Å²) in [6, 6.07) is 7.51. The monoisotopic (exact) mass is 246 g/mol. The highest BCUT2D eigenvalue weighted by Crippen LogP contribution is 2.23. The van der Waals surface area contributed by atoms with Crippen molar-refractivity contribution in [1.82, 2.24) is 0 Å². The first-order valence-corrected chi connectivity index (χ1v) is 6.23. The molecule has 96 valence electrons. The van der Waals surface area contributed by atoms with Crippen molar-refractivity contribution in [3.05, 3.63) is 29.8 Å². The van der Waals surface area contributed by atoms with Gasteiger partial charge in [-0.2, -0.15) is 0 Å². The van der Waals surface area contributed by atoms with E-state index in [2.05, 4.69) is 4.90 Å². The maximum Gasteiger partial charge on any atom is 0.222 e. The lowest BCUT2D eigenvalue weighted by atomic mass is 9.97. The van der Waals surface area contributed by atoms with Crippen LogP contribution in [0.5, 0.6) is 0 Å². The molecule has 0 bridgehead atoms. The Morgan fingerprint density at radius 3 is 2.50 bits per heavy atom. The fourth-order valence-electron chi connectivity index (χ4n) is 2.35. The summed E-state index contributed by atoms with van der Waals surface area (Å²) in [4.78, 5) is 24.6. The normalized spacial score (nSPS) is 19.6. The summed E-state index contributed by atoms with van der Waals surface area (Å²) in [6.45, 7) is 3.16. The highest BCUT2D eigenvalue weighted by Gasteiger charge is 2.23. The van der Waals surface area contributed by atoms with Crippen LogP contribution in [0.25, 0.3) is 0 Å². The van der Waals surface area contributed by atoms with Gasteiger partial charge in [0.15, 0.2) is 5.78 Å². The lowest BCUT2D eigenvalue weighted by Gasteiger charge is -2.33. The standard InChI is InChI=1S/C14H18N2O2/c1-10(17)11-4-6-13(7-5-11)16-8-2-3-12(9-16)14(15)18/h4-7,12H,2-3,8-9H2,1H3,(H2,15,18). The number of carbonyl (C=O) groups is 2. The highest BCUT2D eigenvalue weighted by molar-refractivity contribution is 5.94. The number of nitrogens with two attached hydrogens (primary N) is 1. The van der Waals surface area contributed by atoms with Crippen LogP contribution in [0.1, 0.15) is 30.1 Å². The van der Waals surface area contributed by atoms with E-state index in [1.807, 2.05) is 24.3 Å². The number of carbonyl (C=O) groups excluding carboxylic acids is 2. The van der Waals surface area contributed by atoms with Gasteiger partial charge in [0, 0.05) is 24.3 Å². The lowest BCUT2D eigenvalue weighted by molar-refractivity contribution is -0.122. The smallest absolute Gasteiger partial charge is 0.222 e. The minimum absolute atomic E-state index is 0.0637. The molecule has 2 N–H and O–H groups in total. The van der Waals surface area contributed by atoms with Crippen LogP contribution in [-0.2, 0) is 4.79 Å². The average molecular weight is 246 g/mol. The molecule has 0 aromatic heterocycles. The van der Waals surface area contributed by atoms with E-state index >= 15 is 0 Å². The fraction of sp³-hybridized carbons (Fsp3) is 0.429. The molecule has 4 nitrogen and oxygen atoms in total. The van der Waals surface area contributed by atoms with Crippen LogP contribution in [0.4, 0.5) is 5.69 Å². The summed E-state index contributed by atoms with van der Waals surface area (Å²) in [5, 5.41) is 0. The van der Waals surface area contributed by atoms with E-state index in [9.17, 15) is 9.59 Å². The van der Waals surface area contributed by atoms with Gasteiger partial charge in [-0.15, -0.1) is 0 Å². The minimum Gasteiger partial charge on any atom is -0.371 e. The quantitative estimate of drug-likeness (QED) is 0.824. The molecule has 1 aliphatic heterocycles. The second kappa shape index (κ2) is 5.21. The molecular weight excluding hydrogens is 228 g/mol. The number of primary amides is 1. The van der Waals surface area contributed by atoms with E-state index < -0.39 is 0 Å². The number of rotatable bonds is 3. The number of hydrogen-bond acceptors (Lipinski definition) is 3. The van der Waals surface area contributed by atoms with Gasteiger partial charge in [0.2, 0.25) is 5.91 Å². The number of anilines is 1. The maximum atomic E-state index is 11.2. The van der Waals surface area contributed by atoms with Gasteiger partial charge in [-0.3, -0.25) is 9.59 Å². The fourth-order valence-corrected chi connectivity index (χ4v) is 2.35. The van der Waals surface area contributed by atoms with Crippen molar-refractivity contribution in [2.24, 2.45) is 11.7 Å². The van der Waals surface area contributed by atoms with Crippen LogP contribution >= 0.6 is 0 Å². The Balaban J connectivity index is 2.11. The van der Waals surface area contributed by atoms with Crippen LogP contribution in [-0.4, -0.2) is 24.8 Å². The molecule has 0 saturated carbocycles. The van der Waals surface area contributed by atoms with Crippen molar-refractivity contribution in [1.29, 1.82) is 0 Å². The van der Waals surface area contributed by atoms with Crippen molar-refractivity contribution < 1.29 is 9.59 Å². The first-order valence-electron chi connectivity index (χ1n) is 6.23. The molecule has 0 spiro atoms. The molecule has 1 fully saturated rings. The number of Topliss-reactive ketones (excluding diaryl/α,β-unsaturated/α-hetero) is 1. The van der Waals surface area contributed by atoms with Crippen LogP contribution in [0.3, 0.4) is 0 Å². The Kier molecular flexibility index (Phi) is 3.65. The largest absolute Gasteiger partial charge is 0.371 e. The molecule has 1 heterocycles. The van der Waals surface area contributed by atoms with Crippen molar-refractivity contribution >= 4 is 17.4 Å². The van der Waals surface area contributed by atoms with Gasteiger partial charge >= 0.3 is 0 Å². The predicted octanol–water partition coefficient (Wildman–Crippen LogP) is 1.59. The van der Waals surface area contributed by atoms with Crippen LogP contribution in [0, 0.1) is 5.92 Å². The van der Waals surface area contributed by atoms with Crippen molar-refractivity contribution in [3.63, 3.8) is 0 Å². The second-order valence-electron chi connectivity index (χ2n) is 4.79. The average Bonchev–Trinajstić information content (AvgIpc) is 2.39. The molecule has 0 aliphatic carbocycles. The van der Waals surface area contributed by atoms with Gasteiger partial charge in [0.25, 0.3) is 0 Å². The van der Waals surface area contributed by atoms with E-state index in [-0.39, 0.29) is 17.6 Å². The molecule has 4 heteroatoms. The Bertz CT molecular complexity index is 453. The Hall–Kier alpha value is -1.84. The molecule has 1 aromatic carbocycles. The molecule has 1 unspecified atom stereocenters. The Labute approximate surface area is 107 Å². The van der Waals surface area contributed by atoms with Crippen LogP contribution in [0.2, 0.25) is 0 Å². The number of piperidine rings is 1. The van der Waals surface area contributed by atoms with Gasteiger partial charge in [0.05, 0.1) is 5.92 Å². The Morgan fingerprint density at radius 1 is 1.28 bits per heavy atom. The molecule has 1 aliphatic rings. The molecular formula is C14H18N2O2. The highest BCUT2D eigenvalue weighted by atomic mass is 16.1. The zero-order valence-corrected chi connectivity index (χ0v) is 10.6. The summed E-state index contributed by atoms with van der Waals surface area (Å²) < 4.78 is 0. The first-order chi connectivity index (χ1) is 8.58. The summed E-state index contributed by atoms with van der Waals surface area (Å²) in [7, 11) is 0. The molecule has 18 heavy (non-hydrogen) atoms. The van der Waals surface area contributed by atoms with Crippen LogP contribution in [0.15, 0.2) is 24.3 Å². The van der Waals surface area contributed by atoms with Crippen LogP contribution < -0.4 is 10.6 Å². The van der Waals surface area contributed by atoms with Gasteiger partial charge in [-0.05, 0) is 44.0 Å². The zero-order valence-electron chi connectivity index (χ0n) is 10.6. The van der Waals surface area contributed by atoms with E-state index in [0.29, 0.717) is 12.1 Å². The number of nitrogens with zero attached hydrogens (tertiary/aromatic N) is 1. The molecule has 0 radical (unpaired) electrons. The van der Waals surface area contributed by atoms with E-state index in [1.54, 1.807) is 6.92 Å². The van der Waals surface area contributed by atoms with E-state index in [0.717, 1.165) is 25.1 Å². The summed E-state index contributed by atoms with van der Waals surface area (Å²) >= 11 is 0. The third kappa shape index (κ3) is 2.70. The topological polar surface area (TPSA) is 63.4 Å². The third-order valence-corrected chi connectivity index (χ3v) is 3.46. The first kappa shape index (κ1) is 12.6. The number of benzene rings is 1. The molecule has 1 atom stereocenters. The molecule has 1 amide bonds. The molecule has 2 rings (SSSR count). The SMILES string of the molecule is CC(=O)c1ccc(N2CCCC(C(N)=O)C2)cc1. The van der Waals surface area contributed by atoms with E-state index in [4.69, 9.17) is 5.73 Å². The summed E-state index contributed by atoms with van der Waals surface area (Å²) in [5.74, 6) is -0.221. The van der Waals surface area contributed by atoms with E-state index in [1.165, 1.54) is 0 Å². The van der Waals surface area contributed by atoms with Gasteiger partial charge < -0.3 is 10.6 Å². The van der Waals surface area contributed by atoms with Crippen molar-refractivity contribution in [3.8, 4) is 0 Å². The van der Waals surface area contributed by atoms with Gasteiger partial charge in [-0.25, -0.2) is 0 Å². The minimum atomic E-state index is -0.222. The molecule has 1 aromatic rings. The number of ketones is 1. The molecule has 1 saturated heterocycles. The third-order valence-electron chi connectivity index (χ3n) is 3.46. The Morgan fingerprint density at radius 2 is 1.94 bits per heavy atom. The number of hydrogen-bond donors (Lipinski definition) is 1. The van der Waals surface area contributed by atoms with Crippen molar-refractivity contribution in [2.45, 2.75) is 19.8 Å². The number of amides is 1. The second-order valence-corrected chi connectivity index (χ2v) is 4.79.